The molecule has 5 heteroatoms. The molecule has 0 atom stereocenters. The Bertz CT molecular complexity index is 248. The number of aliphatic imine (C=N–C) groups is 1. The lowest BCUT2D eigenvalue weighted by Gasteiger charge is -2.30. The van der Waals surface area contributed by atoms with Crippen molar-refractivity contribution < 1.29 is 0 Å². The summed E-state index contributed by atoms with van der Waals surface area (Å²) >= 11 is 1.99. The summed E-state index contributed by atoms with van der Waals surface area (Å²) in [5.74, 6) is 3.70. The van der Waals surface area contributed by atoms with Crippen LogP contribution < -0.4 is 5.73 Å². The molecule has 0 aromatic heterocycles. The van der Waals surface area contributed by atoms with Gasteiger partial charge in [-0.2, -0.15) is 11.8 Å². The first-order valence-electron chi connectivity index (χ1n) is 6.06. The Balaban J connectivity index is 0.00000256. The van der Waals surface area contributed by atoms with E-state index in [1.54, 1.807) is 0 Å². The molecular formula is C12H26IN3S. The quantitative estimate of drug-likeness (QED) is 0.471. The summed E-state index contributed by atoms with van der Waals surface area (Å²) in [5.41, 5.74) is 6.25. The van der Waals surface area contributed by atoms with Crippen LogP contribution in [0.1, 0.15) is 27.7 Å². The van der Waals surface area contributed by atoms with Gasteiger partial charge in [0.1, 0.15) is 0 Å². The summed E-state index contributed by atoms with van der Waals surface area (Å²) in [7, 11) is 0. The van der Waals surface area contributed by atoms with Crippen molar-refractivity contribution in [2.45, 2.75) is 27.7 Å². The molecule has 17 heavy (non-hydrogen) atoms. The molecule has 1 rings (SSSR count). The SMILES string of the molecule is CC(C)C(C)(C)CN=C(N)N1CCSCC1.I. The molecule has 1 fully saturated rings. The summed E-state index contributed by atoms with van der Waals surface area (Å²) in [4.78, 5) is 6.75. The molecule has 0 unspecified atom stereocenters. The van der Waals surface area contributed by atoms with Crippen molar-refractivity contribution in [3.05, 3.63) is 0 Å². The average Bonchev–Trinajstić information content (AvgIpc) is 2.27. The molecule has 102 valence electrons. The van der Waals surface area contributed by atoms with Gasteiger partial charge in [-0.3, -0.25) is 4.99 Å². The summed E-state index contributed by atoms with van der Waals surface area (Å²) < 4.78 is 0. The van der Waals surface area contributed by atoms with E-state index < -0.39 is 0 Å². The zero-order valence-corrected chi connectivity index (χ0v) is 14.5. The normalized spacial score (nSPS) is 18.2. The van der Waals surface area contributed by atoms with Crippen molar-refractivity contribution in [1.29, 1.82) is 0 Å². The fraction of sp³-hybridized carbons (Fsp3) is 0.917. The van der Waals surface area contributed by atoms with Crippen LogP contribution in [0, 0.1) is 11.3 Å². The largest absolute Gasteiger partial charge is 0.370 e. The van der Waals surface area contributed by atoms with Crippen LogP contribution in [0.25, 0.3) is 0 Å². The lowest BCUT2D eigenvalue weighted by molar-refractivity contribution is 0.260. The standard InChI is InChI=1S/C12H25N3S.HI/c1-10(2)12(3,4)9-14-11(13)15-5-7-16-8-6-15;/h10H,5-9H2,1-4H3,(H2,13,14);1H. The Labute approximate surface area is 127 Å². The highest BCUT2D eigenvalue weighted by atomic mass is 127. The molecule has 0 spiro atoms. The molecule has 1 saturated heterocycles. The highest BCUT2D eigenvalue weighted by Crippen LogP contribution is 2.26. The number of rotatable bonds is 3. The molecule has 0 aromatic rings. The fourth-order valence-electron chi connectivity index (χ4n) is 1.36. The third-order valence-electron chi connectivity index (χ3n) is 3.55. The van der Waals surface area contributed by atoms with E-state index in [2.05, 4.69) is 37.6 Å². The molecule has 0 radical (unpaired) electrons. The Morgan fingerprint density at radius 3 is 2.35 bits per heavy atom. The fourth-order valence-corrected chi connectivity index (χ4v) is 2.26. The van der Waals surface area contributed by atoms with E-state index in [-0.39, 0.29) is 29.4 Å². The van der Waals surface area contributed by atoms with Gasteiger partial charge in [-0.15, -0.1) is 24.0 Å². The number of hydrogen-bond acceptors (Lipinski definition) is 2. The Kier molecular flexibility index (Phi) is 7.87. The van der Waals surface area contributed by atoms with E-state index in [9.17, 15) is 0 Å². The molecule has 1 heterocycles. The smallest absolute Gasteiger partial charge is 0.191 e. The van der Waals surface area contributed by atoms with Crippen molar-refractivity contribution in [2.24, 2.45) is 22.1 Å². The van der Waals surface area contributed by atoms with E-state index in [0.29, 0.717) is 5.92 Å². The Morgan fingerprint density at radius 1 is 1.35 bits per heavy atom. The van der Waals surface area contributed by atoms with E-state index in [1.165, 1.54) is 11.5 Å². The van der Waals surface area contributed by atoms with Crippen LogP contribution in [0.15, 0.2) is 4.99 Å². The second kappa shape index (κ2) is 7.71. The molecule has 1 aliphatic rings. The summed E-state index contributed by atoms with van der Waals surface area (Å²) in [5, 5.41) is 0. The molecule has 0 saturated carbocycles. The topological polar surface area (TPSA) is 41.6 Å². The van der Waals surface area contributed by atoms with Gasteiger partial charge in [-0.25, -0.2) is 0 Å². The molecule has 3 nitrogen and oxygen atoms in total. The number of guanidine groups is 1. The zero-order chi connectivity index (χ0) is 12.2. The number of hydrogen-bond donors (Lipinski definition) is 1. The van der Waals surface area contributed by atoms with Gasteiger partial charge < -0.3 is 10.6 Å². The second-order valence-electron chi connectivity index (χ2n) is 5.42. The van der Waals surface area contributed by atoms with Crippen LogP contribution in [0.5, 0.6) is 0 Å². The zero-order valence-electron chi connectivity index (χ0n) is 11.4. The third-order valence-corrected chi connectivity index (χ3v) is 4.49. The number of nitrogens with zero attached hydrogens (tertiary/aromatic N) is 2. The second-order valence-corrected chi connectivity index (χ2v) is 6.64. The minimum Gasteiger partial charge on any atom is -0.370 e. The van der Waals surface area contributed by atoms with Gasteiger partial charge in [-0.05, 0) is 11.3 Å². The third kappa shape index (κ3) is 5.68. The maximum atomic E-state index is 6.02. The number of halogens is 1. The summed E-state index contributed by atoms with van der Waals surface area (Å²) in [6.07, 6.45) is 0. The van der Waals surface area contributed by atoms with Gasteiger partial charge in [0.25, 0.3) is 0 Å². The summed E-state index contributed by atoms with van der Waals surface area (Å²) in [6.45, 7) is 11.9. The average molecular weight is 371 g/mol. The molecule has 0 aliphatic carbocycles. The van der Waals surface area contributed by atoms with Crippen LogP contribution in [0.4, 0.5) is 0 Å². The lowest BCUT2D eigenvalue weighted by atomic mass is 9.81. The summed E-state index contributed by atoms with van der Waals surface area (Å²) in [6, 6.07) is 0. The predicted octanol–water partition coefficient (Wildman–Crippen LogP) is 2.65. The molecular weight excluding hydrogens is 345 g/mol. The molecule has 1 aliphatic heterocycles. The van der Waals surface area contributed by atoms with Gasteiger partial charge in [0.05, 0.1) is 0 Å². The lowest BCUT2D eigenvalue weighted by Crippen LogP contribution is -2.43. The van der Waals surface area contributed by atoms with Crippen LogP contribution >= 0.6 is 35.7 Å². The van der Waals surface area contributed by atoms with Crippen LogP contribution in [-0.4, -0.2) is 42.0 Å². The van der Waals surface area contributed by atoms with Crippen LogP contribution in [-0.2, 0) is 0 Å². The molecule has 0 amide bonds. The van der Waals surface area contributed by atoms with Crippen LogP contribution in [0.2, 0.25) is 0 Å². The van der Waals surface area contributed by atoms with Crippen LogP contribution in [0.3, 0.4) is 0 Å². The van der Waals surface area contributed by atoms with Crippen molar-refractivity contribution in [3.8, 4) is 0 Å². The Morgan fingerprint density at radius 2 is 1.88 bits per heavy atom. The van der Waals surface area contributed by atoms with Crippen molar-refractivity contribution in [2.75, 3.05) is 31.1 Å². The first-order chi connectivity index (χ1) is 7.43. The van der Waals surface area contributed by atoms with E-state index >= 15 is 0 Å². The van der Waals surface area contributed by atoms with E-state index in [1.807, 2.05) is 11.8 Å². The highest BCUT2D eigenvalue weighted by molar-refractivity contribution is 14.0. The van der Waals surface area contributed by atoms with Gasteiger partial charge in [0.2, 0.25) is 0 Å². The van der Waals surface area contributed by atoms with Gasteiger partial charge >= 0.3 is 0 Å². The van der Waals surface area contributed by atoms with Crippen molar-refractivity contribution in [1.82, 2.24) is 4.90 Å². The highest BCUT2D eigenvalue weighted by Gasteiger charge is 2.22. The predicted molar refractivity (Wildman–Crippen MR) is 89.4 cm³/mol. The van der Waals surface area contributed by atoms with Crippen molar-refractivity contribution >= 4 is 41.7 Å². The minimum atomic E-state index is 0. The maximum absolute atomic E-state index is 6.02. The van der Waals surface area contributed by atoms with Gasteiger partial charge in [0.15, 0.2) is 5.96 Å². The van der Waals surface area contributed by atoms with Gasteiger partial charge in [-0.1, -0.05) is 27.7 Å². The molecule has 0 aromatic carbocycles. The molecule has 0 bridgehead atoms. The monoisotopic (exact) mass is 371 g/mol. The van der Waals surface area contributed by atoms with Gasteiger partial charge in [0, 0.05) is 31.1 Å². The minimum absolute atomic E-state index is 0. The first-order valence-corrected chi connectivity index (χ1v) is 7.21. The number of thioether (sulfide) groups is 1. The first kappa shape index (κ1) is 17.4. The number of nitrogens with two attached hydrogens (primary N) is 1. The Hall–Kier alpha value is 0.350. The molecule has 2 N–H and O–H groups in total. The maximum Gasteiger partial charge on any atom is 0.191 e. The van der Waals surface area contributed by atoms with E-state index in [0.717, 1.165) is 25.6 Å². The van der Waals surface area contributed by atoms with Crippen molar-refractivity contribution in [3.63, 3.8) is 0 Å². The van der Waals surface area contributed by atoms with E-state index in [4.69, 9.17) is 5.73 Å².